The lowest BCUT2D eigenvalue weighted by Crippen LogP contribution is -2.34. The van der Waals surface area contributed by atoms with E-state index in [4.69, 9.17) is 16.3 Å². The first-order valence-corrected chi connectivity index (χ1v) is 9.63. The molecule has 0 aliphatic carbocycles. The first-order valence-electron chi connectivity index (χ1n) is 8.43. The molecule has 1 aliphatic rings. The number of hydrogen-bond donors (Lipinski definition) is 1. The van der Waals surface area contributed by atoms with Crippen LogP contribution in [0.1, 0.15) is 32.0 Å². The summed E-state index contributed by atoms with van der Waals surface area (Å²) in [5.41, 5.74) is 0.230. The second-order valence-electron chi connectivity index (χ2n) is 6.27. The van der Waals surface area contributed by atoms with Crippen LogP contribution < -0.4 is 0 Å². The lowest BCUT2D eigenvalue weighted by Gasteiger charge is -2.27. The van der Waals surface area contributed by atoms with Crippen molar-refractivity contribution in [1.29, 1.82) is 0 Å². The molecule has 1 unspecified atom stereocenters. The van der Waals surface area contributed by atoms with E-state index in [1.165, 1.54) is 30.2 Å². The number of carbonyl (C=O) groups excluding carboxylic acids is 2. The summed E-state index contributed by atoms with van der Waals surface area (Å²) in [4.78, 5) is 31.6. The van der Waals surface area contributed by atoms with Gasteiger partial charge in [0.15, 0.2) is 5.76 Å². The van der Waals surface area contributed by atoms with Gasteiger partial charge in [-0.2, -0.15) is 0 Å². The lowest BCUT2D eigenvalue weighted by molar-refractivity contribution is -0.130. The molecular weight excluding hydrogens is 407 g/mol. The molecule has 1 atom stereocenters. The fourth-order valence-electron chi connectivity index (χ4n) is 3.24. The minimum absolute atomic E-state index is 0.0417. The van der Waals surface area contributed by atoms with E-state index >= 15 is 0 Å². The molecule has 1 N–H and O–H groups in total. The number of nitrogens with zero attached hydrogens (tertiary/aromatic N) is 2. The van der Waals surface area contributed by atoms with Crippen LogP contribution in [-0.4, -0.2) is 46.9 Å². The third-order valence-electron chi connectivity index (χ3n) is 4.47. The maximum Gasteiger partial charge on any atom is 0.290 e. The Bertz CT molecular complexity index is 968. The highest BCUT2D eigenvalue weighted by molar-refractivity contribution is 7.14. The number of aryl methyl sites for hydroxylation is 2. The molecular formula is C19H18ClFN2O4S. The summed E-state index contributed by atoms with van der Waals surface area (Å²) in [7, 11) is 1.45. The van der Waals surface area contributed by atoms with Crippen molar-refractivity contribution in [2.45, 2.75) is 19.9 Å². The molecule has 28 heavy (non-hydrogen) atoms. The number of rotatable bonds is 6. The number of ether oxygens (including phenoxy) is 1. The zero-order valence-corrected chi connectivity index (χ0v) is 17.0. The Morgan fingerprint density at radius 1 is 1.43 bits per heavy atom. The van der Waals surface area contributed by atoms with Crippen LogP contribution in [-0.2, 0) is 9.53 Å². The zero-order valence-electron chi connectivity index (χ0n) is 15.5. The van der Waals surface area contributed by atoms with Gasteiger partial charge in [-0.25, -0.2) is 9.37 Å². The van der Waals surface area contributed by atoms with E-state index in [0.717, 1.165) is 11.3 Å². The third-order valence-corrected chi connectivity index (χ3v) is 5.87. The van der Waals surface area contributed by atoms with Crippen molar-refractivity contribution < 1.29 is 23.8 Å². The lowest BCUT2D eigenvalue weighted by atomic mass is 9.94. The van der Waals surface area contributed by atoms with E-state index in [1.54, 1.807) is 13.8 Å². The summed E-state index contributed by atoms with van der Waals surface area (Å²) in [6, 6.07) is 2.93. The summed E-state index contributed by atoms with van der Waals surface area (Å²) in [6.45, 7) is 3.60. The second-order valence-corrected chi connectivity index (χ2v) is 7.88. The molecule has 2 heterocycles. The van der Waals surface area contributed by atoms with Gasteiger partial charge in [0.25, 0.3) is 5.91 Å². The Labute approximate surface area is 170 Å². The molecule has 148 valence electrons. The summed E-state index contributed by atoms with van der Waals surface area (Å²) in [6.07, 6.45) is 0. The molecule has 0 saturated carbocycles. The third kappa shape index (κ3) is 3.43. The fraction of sp³-hybridized carbons (Fsp3) is 0.316. The summed E-state index contributed by atoms with van der Waals surface area (Å²) >= 11 is 7.37. The van der Waals surface area contributed by atoms with Gasteiger partial charge >= 0.3 is 0 Å². The predicted molar refractivity (Wildman–Crippen MR) is 103 cm³/mol. The maximum absolute atomic E-state index is 14.7. The van der Waals surface area contributed by atoms with E-state index in [2.05, 4.69) is 4.98 Å². The Hall–Kier alpha value is -2.29. The van der Waals surface area contributed by atoms with E-state index in [0.29, 0.717) is 10.7 Å². The molecule has 6 nitrogen and oxygen atoms in total. The van der Waals surface area contributed by atoms with Gasteiger partial charge in [0.2, 0.25) is 5.78 Å². The van der Waals surface area contributed by atoms with Crippen molar-refractivity contribution in [3.05, 3.63) is 61.5 Å². The molecule has 1 amide bonds. The highest BCUT2D eigenvalue weighted by Gasteiger charge is 2.46. The first kappa shape index (κ1) is 20.4. The molecule has 9 heteroatoms. The topological polar surface area (TPSA) is 79.7 Å². The summed E-state index contributed by atoms with van der Waals surface area (Å²) in [5.74, 6) is -2.73. The van der Waals surface area contributed by atoms with E-state index in [-0.39, 0.29) is 34.2 Å². The number of hydrogen-bond acceptors (Lipinski definition) is 6. The average molecular weight is 425 g/mol. The Morgan fingerprint density at radius 2 is 2.14 bits per heavy atom. The van der Waals surface area contributed by atoms with E-state index in [9.17, 15) is 19.1 Å². The molecule has 1 aromatic heterocycles. The van der Waals surface area contributed by atoms with Crippen molar-refractivity contribution in [3.63, 3.8) is 0 Å². The van der Waals surface area contributed by atoms with Crippen LogP contribution in [0.25, 0.3) is 0 Å². The van der Waals surface area contributed by atoms with E-state index in [1.807, 2.05) is 0 Å². The molecule has 0 saturated heterocycles. The molecule has 0 radical (unpaired) electrons. The smallest absolute Gasteiger partial charge is 0.290 e. The monoisotopic (exact) mass is 424 g/mol. The second kappa shape index (κ2) is 7.98. The normalized spacial score (nSPS) is 17.0. The fourth-order valence-corrected chi connectivity index (χ4v) is 4.38. The number of aliphatic hydroxyl groups excluding tert-OH is 1. The summed E-state index contributed by atoms with van der Waals surface area (Å²) < 4.78 is 19.7. The number of thiazole rings is 1. The molecule has 0 fully saturated rings. The van der Waals surface area contributed by atoms with Gasteiger partial charge < -0.3 is 14.7 Å². The minimum Gasteiger partial charge on any atom is -0.503 e. The number of carbonyl (C=O) groups is 2. The van der Waals surface area contributed by atoms with Crippen LogP contribution in [0.2, 0.25) is 5.02 Å². The van der Waals surface area contributed by atoms with Crippen LogP contribution in [0.5, 0.6) is 0 Å². The number of methoxy groups -OCH3 is 1. The first-order chi connectivity index (χ1) is 13.3. The van der Waals surface area contributed by atoms with Gasteiger partial charge in [0, 0.05) is 24.2 Å². The largest absolute Gasteiger partial charge is 0.503 e. The molecule has 3 rings (SSSR count). The highest BCUT2D eigenvalue weighted by atomic mass is 35.5. The standard InChI is InChI=1S/C19H18ClFN2O4S/c1-9-18(28-10(2)22-9)16(24)14-15(13-11(20)5-4-6-12(13)21)23(7-8-27-3)19(26)17(14)25/h4-6,15,25H,7-8H2,1-3H3. The maximum atomic E-state index is 14.7. The van der Waals surface area contributed by atoms with Gasteiger partial charge in [-0.05, 0) is 26.0 Å². The predicted octanol–water partition coefficient (Wildman–Crippen LogP) is 3.78. The van der Waals surface area contributed by atoms with Crippen molar-refractivity contribution in [2.75, 3.05) is 20.3 Å². The Kier molecular flexibility index (Phi) is 5.83. The number of ketones is 1. The molecule has 1 aliphatic heterocycles. The quantitative estimate of drug-likeness (QED) is 0.714. The Morgan fingerprint density at radius 3 is 2.71 bits per heavy atom. The molecule has 0 bridgehead atoms. The number of halogens is 2. The van der Waals surface area contributed by atoms with Gasteiger partial charge in [0.05, 0.1) is 33.8 Å². The molecule has 0 spiro atoms. The number of aliphatic hydroxyl groups is 1. The zero-order chi connectivity index (χ0) is 20.6. The van der Waals surface area contributed by atoms with Crippen molar-refractivity contribution in [3.8, 4) is 0 Å². The average Bonchev–Trinajstić information content (AvgIpc) is 3.10. The van der Waals surface area contributed by atoms with Crippen molar-refractivity contribution in [2.24, 2.45) is 0 Å². The van der Waals surface area contributed by atoms with E-state index < -0.39 is 29.3 Å². The molecule has 2 aromatic rings. The van der Waals surface area contributed by atoms with Gasteiger partial charge in [-0.3, -0.25) is 9.59 Å². The highest BCUT2D eigenvalue weighted by Crippen LogP contribution is 2.43. The van der Waals surface area contributed by atoms with Gasteiger partial charge in [-0.1, -0.05) is 17.7 Å². The number of Topliss-reactive ketones (excluding diaryl/α,β-unsaturated/α-hetero) is 1. The number of amides is 1. The minimum atomic E-state index is -1.16. The van der Waals surface area contributed by atoms with Crippen LogP contribution in [0.3, 0.4) is 0 Å². The Balaban J connectivity index is 2.18. The van der Waals surface area contributed by atoms with Crippen LogP contribution in [0.4, 0.5) is 4.39 Å². The van der Waals surface area contributed by atoms with Crippen LogP contribution in [0.15, 0.2) is 29.5 Å². The van der Waals surface area contributed by atoms with Gasteiger partial charge in [-0.15, -0.1) is 11.3 Å². The summed E-state index contributed by atoms with van der Waals surface area (Å²) in [5, 5.41) is 11.2. The van der Waals surface area contributed by atoms with Crippen molar-refractivity contribution in [1.82, 2.24) is 9.88 Å². The van der Waals surface area contributed by atoms with Crippen LogP contribution >= 0.6 is 22.9 Å². The SMILES string of the molecule is COCCN1C(=O)C(O)=C(C(=O)c2sc(C)nc2C)C1c1c(F)cccc1Cl. The molecule has 1 aromatic carbocycles. The number of aromatic nitrogens is 1. The van der Waals surface area contributed by atoms with Crippen molar-refractivity contribution >= 4 is 34.6 Å². The number of benzene rings is 1. The van der Waals surface area contributed by atoms with Gasteiger partial charge in [0.1, 0.15) is 5.82 Å². The van der Waals surface area contributed by atoms with Crippen LogP contribution in [0, 0.1) is 19.7 Å².